The van der Waals surface area contributed by atoms with Gasteiger partial charge in [-0.1, -0.05) is 44.2 Å². The minimum absolute atomic E-state index is 0.125. The number of rotatable bonds is 10. The first-order valence-electron chi connectivity index (χ1n) is 13.4. The highest BCUT2D eigenvalue weighted by atomic mass is 32.1. The third-order valence-corrected chi connectivity index (χ3v) is 8.84. The predicted octanol–water partition coefficient (Wildman–Crippen LogP) is 4.26. The van der Waals surface area contributed by atoms with E-state index >= 15 is 0 Å². The summed E-state index contributed by atoms with van der Waals surface area (Å²) in [6, 6.07) is 10.6. The van der Waals surface area contributed by atoms with E-state index in [1.165, 1.54) is 24.2 Å². The first-order chi connectivity index (χ1) is 17.4. The van der Waals surface area contributed by atoms with Crippen LogP contribution in [0, 0.1) is 5.92 Å². The summed E-state index contributed by atoms with van der Waals surface area (Å²) in [6.45, 7) is 8.67. The highest BCUT2D eigenvalue weighted by Gasteiger charge is 2.30. The number of amides is 1. The first-order valence-corrected chi connectivity index (χ1v) is 14.2. The maximum atomic E-state index is 13.2. The van der Waals surface area contributed by atoms with Gasteiger partial charge in [-0.05, 0) is 76.2 Å². The molecule has 3 heterocycles. The number of aromatic nitrogens is 1. The Morgan fingerprint density at radius 1 is 1.14 bits per heavy atom. The second-order valence-electron chi connectivity index (χ2n) is 10.5. The third-order valence-electron chi connectivity index (χ3n) is 7.61. The maximum absolute atomic E-state index is 13.2. The first kappa shape index (κ1) is 26.8. The van der Waals surface area contributed by atoms with Gasteiger partial charge in [0, 0.05) is 18.5 Å². The molecule has 0 saturated carbocycles. The minimum Gasteiger partial charge on any atom is -0.481 e. The van der Waals surface area contributed by atoms with Crippen molar-refractivity contribution < 1.29 is 14.7 Å². The molecular weight excluding hydrogens is 472 g/mol. The monoisotopic (exact) mass is 512 g/mol. The van der Waals surface area contributed by atoms with E-state index in [1.54, 1.807) is 0 Å². The van der Waals surface area contributed by atoms with Gasteiger partial charge in [0.05, 0.1) is 16.6 Å². The third kappa shape index (κ3) is 6.93. The van der Waals surface area contributed by atoms with Crippen molar-refractivity contribution in [1.29, 1.82) is 0 Å². The van der Waals surface area contributed by atoms with Crippen LogP contribution in [0.25, 0.3) is 0 Å². The number of nitrogens with zero attached hydrogens (tertiary/aromatic N) is 2. The Balaban J connectivity index is 1.35. The van der Waals surface area contributed by atoms with E-state index in [2.05, 4.69) is 29.4 Å². The number of carbonyl (C=O) groups is 2. The van der Waals surface area contributed by atoms with E-state index in [0.717, 1.165) is 55.3 Å². The van der Waals surface area contributed by atoms with Crippen LogP contribution in [-0.4, -0.2) is 65.6 Å². The molecule has 1 amide bonds. The number of nitrogens with one attached hydrogen (secondary N) is 2. The van der Waals surface area contributed by atoms with Gasteiger partial charge in [-0.25, -0.2) is 4.98 Å². The zero-order valence-corrected chi connectivity index (χ0v) is 22.4. The lowest BCUT2D eigenvalue weighted by atomic mass is 9.94. The standard InChI is InChI=1S/C28H40N4O3S/c1-19(2)24-25(26(33)30-18-22(28(34)35)9-8-20-6-4-3-5-7-20)36-27(31-24)21-12-16-32(17-13-21)23-10-14-29-15-11-23/h3-7,19,21-23,29H,8-18H2,1-2H3,(H,30,33)(H,34,35). The molecule has 1 atom stereocenters. The predicted molar refractivity (Wildman–Crippen MR) is 144 cm³/mol. The lowest BCUT2D eigenvalue weighted by Gasteiger charge is -2.39. The molecule has 1 aromatic heterocycles. The zero-order chi connectivity index (χ0) is 25.5. The van der Waals surface area contributed by atoms with Crippen LogP contribution >= 0.6 is 11.3 Å². The van der Waals surface area contributed by atoms with Crippen molar-refractivity contribution in [2.24, 2.45) is 5.92 Å². The molecule has 1 aromatic carbocycles. The summed E-state index contributed by atoms with van der Waals surface area (Å²) in [7, 11) is 0. The zero-order valence-electron chi connectivity index (χ0n) is 21.5. The van der Waals surface area contributed by atoms with Crippen LogP contribution < -0.4 is 10.6 Å². The average Bonchev–Trinajstić information content (AvgIpc) is 3.36. The molecule has 1 unspecified atom stereocenters. The quantitative estimate of drug-likeness (QED) is 0.440. The summed E-state index contributed by atoms with van der Waals surface area (Å²) in [5.74, 6) is -1.16. The Morgan fingerprint density at radius 2 is 1.83 bits per heavy atom. The number of likely N-dealkylation sites (tertiary alicyclic amines) is 1. The Bertz CT molecular complexity index is 995. The van der Waals surface area contributed by atoms with Gasteiger partial charge in [-0.2, -0.15) is 0 Å². The lowest BCUT2D eigenvalue weighted by Crippen LogP contribution is -2.46. The van der Waals surface area contributed by atoms with E-state index in [-0.39, 0.29) is 18.4 Å². The van der Waals surface area contributed by atoms with Crippen molar-refractivity contribution in [1.82, 2.24) is 20.5 Å². The van der Waals surface area contributed by atoms with Crippen LogP contribution in [0.1, 0.15) is 83.7 Å². The number of carbonyl (C=O) groups excluding carboxylic acids is 1. The molecule has 4 rings (SSSR count). The number of thiazole rings is 1. The highest BCUT2D eigenvalue weighted by Crippen LogP contribution is 2.36. The van der Waals surface area contributed by atoms with Gasteiger partial charge >= 0.3 is 5.97 Å². The summed E-state index contributed by atoms with van der Waals surface area (Å²) in [5.41, 5.74) is 1.94. The van der Waals surface area contributed by atoms with E-state index in [1.807, 2.05) is 30.3 Å². The lowest BCUT2D eigenvalue weighted by molar-refractivity contribution is -0.141. The fraction of sp³-hybridized carbons (Fsp3) is 0.607. The van der Waals surface area contributed by atoms with Crippen LogP contribution in [0.2, 0.25) is 0 Å². The van der Waals surface area contributed by atoms with Gasteiger partial charge in [0.25, 0.3) is 5.91 Å². The number of piperidine rings is 2. The van der Waals surface area contributed by atoms with E-state index in [0.29, 0.717) is 29.7 Å². The summed E-state index contributed by atoms with van der Waals surface area (Å²) in [5, 5.41) is 17.1. The number of aliphatic carboxylic acids is 1. The van der Waals surface area contributed by atoms with E-state index in [4.69, 9.17) is 4.98 Å². The molecule has 0 spiro atoms. The van der Waals surface area contributed by atoms with Gasteiger partial charge < -0.3 is 20.6 Å². The van der Waals surface area contributed by atoms with Crippen molar-refractivity contribution in [3.8, 4) is 0 Å². The highest BCUT2D eigenvalue weighted by molar-refractivity contribution is 7.13. The molecule has 2 aliphatic heterocycles. The molecule has 0 bridgehead atoms. The molecule has 0 aliphatic carbocycles. The van der Waals surface area contributed by atoms with E-state index < -0.39 is 11.9 Å². The summed E-state index contributed by atoms with van der Waals surface area (Å²) in [4.78, 5) is 33.2. The summed E-state index contributed by atoms with van der Waals surface area (Å²) >= 11 is 1.51. The molecule has 8 heteroatoms. The van der Waals surface area contributed by atoms with Crippen LogP contribution in [0.5, 0.6) is 0 Å². The number of carboxylic acids is 1. The Labute approximate surface area is 218 Å². The Morgan fingerprint density at radius 3 is 2.47 bits per heavy atom. The molecule has 2 aromatic rings. The molecule has 0 radical (unpaired) electrons. The second kappa shape index (κ2) is 12.8. The number of benzene rings is 1. The second-order valence-corrected chi connectivity index (χ2v) is 11.5. The molecule has 2 aliphatic rings. The molecule has 2 fully saturated rings. The smallest absolute Gasteiger partial charge is 0.308 e. The fourth-order valence-electron chi connectivity index (χ4n) is 5.36. The summed E-state index contributed by atoms with van der Waals surface area (Å²) < 4.78 is 0. The van der Waals surface area contributed by atoms with E-state index in [9.17, 15) is 14.7 Å². The van der Waals surface area contributed by atoms with Crippen LogP contribution in [-0.2, 0) is 11.2 Å². The number of aryl methyl sites for hydroxylation is 1. The van der Waals surface area contributed by atoms with Crippen LogP contribution in [0.4, 0.5) is 0 Å². The molecule has 196 valence electrons. The molecule has 36 heavy (non-hydrogen) atoms. The van der Waals surface area contributed by atoms with Crippen LogP contribution in [0.15, 0.2) is 30.3 Å². The summed E-state index contributed by atoms with van der Waals surface area (Å²) in [6.07, 6.45) is 5.78. The fourth-order valence-corrected chi connectivity index (χ4v) is 6.66. The van der Waals surface area contributed by atoms with Crippen molar-refractivity contribution in [2.75, 3.05) is 32.7 Å². The van der Waals surface area contributed by atoms with Crippen molar-refractivity contribution in [2.45, 2.75) is 70.3 Å². The van der Waals surface area contributed by atoms with Gasteiger partial charge in [-0.3, -0.25) is 9.59 Å². The Kier molecular flexibility index (Phi) is 9.51. The van der Waals surface area contributed by atoms with Gasteiger partial charge in [0.15, 0.2) is 0 Å². The van der Waals surface area contributed by atoms with Gasteiger partial charge in [0.1, 0.15) is 4.88 Å². The van der Waals surface area contributed by atoms with Gasteiger partial charge in [0.2, 0.25) is 0 Å². The largest absolute Gasteiger partial charge is 0.481 e. The van der Waals surface area contributed by atoms with Crippen molar-refractivity contribution in [3.63, 3.8) is 0 Å². The molecule has 3 N–H and O–H groups in total. The number of carboxylic acid groups (broad SMARTS) is 1. The average molecular weight is 513 g/mol. The molecular formula is C28H40N4O3S. The molecule has 7 nitrogen and oxygen atoms in total. The molecule has 2 saturated heterocycles. The number of hydrogen-bond acceptors (Lipinski definition) is 6. The van der Waals surface area contributed by atoms with Crippen LogP contribution in [0.3, 0.4) is 0 Å². The number of hydrogen-bond donors (Lipinski definition) is 3. The normalized spacial score (nSPS) is 18.9. The van der Waals surface area contributed by atoms with Crippen molar-refractivity contribution >= 4 is 23.2 Å². The maximum Gasteiger partial charge on any atom is 0.308 e. The Hall–Kier alpha value is -2.29. The SMILES string of the molecule is CC(C)c1nc(C2CCN(C3CCNCC3)CC2)sc1C(=O)NCC(CCc1ccccc1)C(=O)O. The topological polar surface area (TPSA) is 94.6 Å². The van der Waals surface area contributed by atoms with Gasteiger partial charge in [-0.15, -0.1) is 11.3 Å². The minimum atomic E-state index is -0.874. The van der Waals surface area contributed by atoms with Crippen molar-refractivity contribution in [3.05, 3.63) is 51.5 Å².